The molecule has 2 aromatic rings. The highest BCUT2D eigenvalue weighted by Crippen LogP contribution is 2.37. The van der Waals surface area contributed by atoms with Crippen molar-refractivity contribution < 1.29 is 26.4 Å². The molecule has 2 heterocycles. The number of para-hydroxylation sites is 2. The molecule has 0 bridgehead atoms. The fraction of sp³-hybridized carbons (Fsp3) is 0.222. The van der Waals surface area contributed by atoms with Crippen LogP contribution in [0.25, 0.3) is 0 Å². The summed E-state index contributed by atoms with van der Waals surface area (Å²) in [5.74, 6) is -1.71. The molecule has 2 aromatic carbocycles. The van der Waals surface area contributed by atoms with Crippen molar-refractivity contribution in [3.63, 3.8) is 0 Å². The van der Waals surface area contributed by atoms with Gasteiger partial charge in [0.2, 0.25) is 20.6 Å². The largest absolute Gasteiger partial charge is 0.379 e. The molecule has 2 amide bonds. The zero-order chi connectivity index (χ0) is 33.9. The lowest BCUT2D eigenvalue weighted by atomic mass is 9.88. The summed E-state index contributed by atoms with van der Waals surface area (Å²) in [5, 5.41) is 6.51. The van der Waals surface area contributed by atoms with Crippen LogP contribution in [0, 0.1) is 11.8 Å². The van der Waals surface area contributed by atoms with Gasteiger partial charge in [0.15, 0.2) is 0 Å². The van der Waals surface area contributed by atoms with E-state index in [-0.39, 0.29) is 34.6 Å². The highest BCUT2D eigenvalue weighted by molar-refractivity contribution is 7.73. The lowest BCUT2D eigenvalue weighted by molar-refractivity contribution is -0.116. The second kappa shape index (κ2) is 13.9. The van der Waals surface area contributed by atoms with Crippen LogP contribution in [-0.2, 0) is 30.2 Å². The number of rotatable bonds is 9. The predicted molar refractivity (Wildman–Crippen MR) is 188 cm³/mol. The van der Waals surface area contributed by atoms with Crippen molar-refractivity contribution in [2.45, 2.75) is 25.9 Å². The van der Waals surface area contributed by atoms with E-state index in [1.165, 1.54) is 0 Å². The molecule has 246 valence electrons. The molecule has 48 heavy (non-hydrogen) atoms. The Hall–Kier alpha value is -5.20. The molecule has 12 heteroatoms. The summed E-state index contributed by atoms with van der Waals surface area (Å²) >= 11 is 0. The third kappa shape index (κ3) is 6.00. The minimum absolute atomic E-state index is 0.197. The Morgan fingerprint density at radius 1 is 0.583 bits per heavy atom. The number of hydrogen-bond acceptors (Lipinski definition) is 8. The van der Waals surface area contributed by atoms with Gasteiger partial charge in [-0.05, 0) is 61.4 Å². The minimum atomic E-state index is -2.48. The molecule has 2 aliphatic carbocycles. The zero-order valence-electron chi connectivity index (χ0n) is 26.3. The highest BCUT2D eigenvalue weighted by Gasteiger charge is 2.45. The third-order valence-electron chi connectivity index (χ3n) is 9.00. The van der Waals surface area contributed by atoms with E-state index >= 15 is 0 Å². The minimum Gasteiger partial charge on any atom is -0.379 e. The van der Waals surface area contributed by atoms with Gasteiger partial charge in [0.1, 0.15) is 11.4 Å². The summed E-state index contributed by atoms with van der Waals surface area (Å²) < 4.78 is 48.7. The first-order valence-electron chi connectivity index (χ1n) is 15.5. The van der Waals surface area contributed by atoms with E-state index in [0.29, 0.717) is 33.9 Å². The van der Waals surface area contributed by atoms with Crippen molar-refractivity contribution in [1.82, 2.24) is 10.6 Å². The second-order valence-electron chi connectivity index (χ2n) is 11.7. The number of amides is 2. The van der Waals surface area contributed by atoms with Gasteiger partial charge in [0.05, 0.1) is 21.8 Å². The van der Waals surface area contributed by atoms with Crippen LogP contribution < -0.4 is 20.4 Å². The Kier molecular flexibility index (Phi) is 9.47. The van der Waals surface area contributed by atoms with Crippen LogP contribution in [0.3, 0.4) is 0 Å². The fourth-order valence-corrected chi connectivity index (χ4v) is 8.09. The topological polar surface area (TPSA) is 133 Å². The number of carbonyl (C=O) groups is 2. The summed E-state index contributed by atoms with van der Waals surface area (Å²) in [5.41, 5.74) is 3.43. The molecule has 4 unspecified atom stereocenters. The predicted octanol–water partition coefficient (Wildman–Crippen LogP) is 3.13. The number of carbonyl (C=O) groups excluding carboxylic acids is 2. The maximum Gasteiger partial charge on any atom is 0.274 e. The third-order valence-corrected chi connectivity index (χ3v) is 10.6. The molecule has 0 spiro atoms. The molecular weight excluding hydrogens is 649 g/mol. The van der Waals surface area contributed by atoms with Gasteiger partial charge in [-0.1, -0.05) is 72.9 Å². The van der Waals surface area contributed by atoms with Gasteiger partial charge >= 0.3 is 0 Å². The van der Waals surface area contributed by atoms with Gasteiger partial charge in [-0.3, -0.25) is 19.4 Å². The van der Waals surface area contributed by atoms with Crippen LogP contribution in [-0.4, -0.2) is 63.6 Å². The van der Waals surface area contributed by atoms with Crippen LogP contribution in [0.5, 0.6) is 0 Å². The Morgan fingerprint density at radius 3 is 1.31 bits per heavy atom. The Morgan fingerprint density at radius 2 is 0.958 bits per heavy atom. The molecule has 2 N–H and O–H groups in total. The second-order valence-corrected chi connectivity index (χ2v) is 13.6. The van der Waals surface area contributed by atoms with E-state index in [1.54, 1.807) is 58.4 Å². The Bertz CT molecular complexity index is 1960. The van der Waals surface area contributed by atoms with Crippen LogP contribution in [0.2, 0.25) is 0 Å². The first-order valence-corrected chi connectivity index (χ1v) is 17.6. The first kappa shape index (κ1) is 32.7. The van der Waals surface area contributed by atoms with Gasteiger partial charge in [-0.25, -0.2) is 0 Å². The van der Waals surface area contributed by atoms with Crippen molar-refractivity contribution in [1.29, 1.82) is 0 Å². The molecule has 0 aromatic heterocycles. The van der Waals surface area contributed by atoms with Gasteiger partial charge in [-0.2, -0.15) is 16.8 Å². The normalized spacial score (nSPS) is 23.5. The Labute approximate surface area is 282 Å². The van der Waals surface area contributed by atoms with E-state index in [0.717, 1.165) is 0 Å². The maximum atomic E-state index is 13.9. The number of anilines is 2. The molecular formula is C36H34N4O6S2. The standard InChI is InChI=1S/C36H34N4O6S2/c1-23-31(35(41)39(25-13-5-3-6-14-25)33(23)27-17-9-11-19-29(27)47(43)44)37-21-22-38-32-24(2)34(28-18-10-12-20-30(28)48(45)46)40(36(32)42)26-15-7-4-8-16-26/h3-20,27-28,33-34,37-38H,21-22H2,1-2H3. The smallest absolute Gasteiger partial charge is 0.274 e. The van der Waals surface area contributed by atoms with Crippen molar-refractivity contribution in [2.24, 2.45) is 11.8 Å². The van der Waals surface area contributed by atoms with E-state index < -0.39 is 44.5 Å². The summed E-state index contributed by atoms with van der Waals surface area (Å²) in [4.78, 5) is 31.5. The van der Waals surface area contributed by atoms with Crippen LogP contribution in [0.1, 0.15) is 13.8 Å². The molecule has 6 rings (SSSR count). The lowest BCUT2D eigenvalue weighted by Gasteiger charge is -2.31. The summed E-state index contributed by atoms with van der Waals surface area (Å²) in [7, 11) is -4.95. The van der Waals surface area contributed by atoms with Gasteiger partial charge in [0.25, 0.3) is 11.8 Å². The Balaban J connectivity index is 1.25. The quantitative estimate of drug-likeness (QED) is 0.305. The summed E-state index contributed by atoms with van der Waals surface area (Å²) in [6.07, 6.45) is 13.6. The van der Waals surface area contributed by atoms with E-state index in [9.17, 15) is 26.4 Å². The average Bonchev–Trinajstić information content (AvgIpc) is 3.50. The molecule has 0 fully saturated rings. The van der Waals surface area contributed by atoms with Gasteiger partial charge in [-0.15, -0.1) is 0 Å². The first-order chi connectivity index (χ1) is 23.2. The maximum absolute atomic E-state index is 13.9. The van der Waals surface area contributed by atoms with E-state index in [2.05, 4.69) is 10.6 Å². The SMILES string of the molecule is CC1=C(NCCNC2=C(C)C(C3C=CC=CC3=S(=O)=O)N(c3ccccc3)C2=O)C(=O)N(c2ccccc2)C1C1C=CC=CC1=S(=O)=O. The molecule has 2 aliphatic heterocycles. The molecule has 4 atom stereocenters. The lowest BCUT2D eigenvalue weighted by Crippen LogP contribution is -2.44. The molecule has 0 saturated carbocycles. The van der Waals surface area contributed by atoms with Crippen LogP contribution in [0.4, 0.5) is 11.4 Å². The van der Waals surface area contributed by atoms with Crippen molar-refractivity contribution in [3.8, 4) is 0 Å². The van der Waals surface area contributed by atoms with E-state index in [4.69, 9.17) is 0 Å². The molecule has 0 radical (unpaired) electrons. The van der Waals surface area contributed by atoms with Crippen molar-refractivity contribution >= 4 is 53.5 Å². The van der Waals surface area contributed by atoms with Crippen molar-refractivity contribution in [3.05, 3.63) is 132 Å². The number of hydrogen-bond donors (Lipinski definition) is 2. The van der Waals surface area contributed by atoms with Crippen LogP contribution >= 0.6 is 0 Å². The fourth-order valence-electron chi connectivity index (χ4n) is 6.85. The number of nitrogens with zero attached hydrogens (tertiary/aromatic N) is 2. The number of nitrogens with one attached hydrogen (secondary N) is 2. The highest BCUT2D eigenvalue weighted by atomic mass is 32.2. The monoisotopic (exact) mass is 682 g/mol. The summed E-state index contributed by atoms with van der Waals surface area (Å²) in [6.45, 7) is 4.20. The molecule has 0 saturated heterocycles. The van der Waals surface area contributed by atoms with Gasteiger partial charge in [0, 0.05) is 36.3 Å². The number of benzene rings is 2. The summed E-state index contributed by atoms with van der Waals surface area (Å²) in [6, 6.07) is 17.1. The van der Waals surface area contributed by atoms with Crippen LogP contribution in [0.15, 0.2) is 132 Å². The molecule has 4 aliphatic rings. The average molecular weight is 683 g/mol. The van der Waals surface area contributed by atoms with Crippen molar-refractivity contribution in [2.75, 3.05) is 22.9 Å². The van der Waals surface area contributed by atoms with Gasteiger partial charge < -0.3 is 10.6 Å². The molecule has 10 nitrogen and oxygen atoms in total. The number of allylic oxidation sites excluding steroid dienone is 6. The van der Waals surface area contributed by atoms with E-state index in [1.807, 2.05) is 74.5 Å². The zero-order valence-corrected chi connectivity index (χ0v) is 27.9.